The molecule has 2 N–H and O–H groups in total. The van der Waals surface area contributed by atoms with Crippen molar-refractivity contribution in [1.82, 2.24) is 19.7 Å². The van der Waals surface area contributed by atoms with Crippen LogP contribution in [0.3, 0.4) is 0 Å². The molecular formula is C16H24N6O5S. The van der Waals surface area contributed by atoms with Crippen molar-refractivity contribution in [3.05, 3.63) is 22.6 Å². The number of hydrogen-bond acceptors (Lipinski definition) is 9. The zero-order valence-electron chi connectivity index (χ0n) is 16.1. The summed E-state index contributed by atoms with van der Waals surface area (Å²) >= 11 is 0. The fraction of sp³-hybridized carbons (Fsp3) is 0.562. The summed E-state index contributed by atoms with van der Waals surface area (Å²) in [5, 5.41) is 4.05. The maximum atomic E-state index is 12.3. The Morgan fingerprint density at radius 3 is 2.82 bits per heavy atom. The van der Waals surface area contributed by atoms with Crippen LogP contribution in [-0.2, 0) is 16.0 Å². The summed E-state index contributed by atoms with van der Waals surface area (Å²) in [4.78, 5) is 34.1. The van der Waals surface area contributed by atoms with Crippen LogP contribution in [0.4, 0.5) is 5.82 Å². The summed E-state index contributed by atoms with van der Waals surface area (Å²) in [6, 6.07) is 0. The van der Waals surface area contributed by atoms with E-state index in [1.54, 1.807) is 0 Å². The Morgan fingerprint density at radius 2 is 2.11 bits per heavy atom. The molecule has 0 atom stereocenters. The number of fused-ring (bicyclic) bond motifs is 1. The summed E-state index contributed by atoms with van der Waals surface area (Å²) in [6.07, 6.45) is 8.22. The van der Waals surface area contributed by atoms with E-state index < -0.39 is 15.8 Å². The summed E-state index contributed by atoms with van der Waals surface area (Å²) in [5.74, 6) is 0.569. The van der Waals surface area contributed by atoms with Crippen LogP contribution in [0.5, 0.6) is 5.88 Å². The Morgan fingerprint density at radius 1 is 1.32 bits per heavy atom. The zero-order chi connectivity index (χ0) is 20.3. The highest BCUT2D eigenvalue weighted by atomic mass is 32.3. The van der Waals surface area contributed by atoms with Gasteiger partial charge in [-0.15, -0.1) is 9.78 Å². The van der Waals surface area contributed by atoms with Crippen LogP contribution in [-0.4, -0.2) is 76.7 Å². The van der Waals surface area contributed by atoms with E-state index in [-0.39, 0.29) is 42.7 Å². The molecule has 0 aromatic carbocycles. The number of nitrogens with two attached hydrogens (primary N) is 1. The first kappa shape index (κ1) is 20.3. The molecule has 0 fully saturated rings. The average molecular weight is 412 g/mol. The van der Waals surface area contributed by atoms with Crippen molar-refractivity contribution in [1.29, 1.82) is 0 Å². The highest BCUT2D eigenvalue weighted by Crippen LogP contribution is 2.34. The predicted octanol–water partition coefficient (Wildman–Crippen LogP) is -0.490. The Kier molecular flexibility index (Phi) is 6.01. The van der Waals surface area contributed by atoms with Crippen molar-refractivity contribution in [3.63, 3.8) is 0 Å². The molecule has 3 rings (SSSR count). The van der Waals surface area contributed by atoms with Gasteiger partial charge in [0, 0.05) is 18.7 Å². The maximum absolute atomic E-state index is 12.3. The summed E-state index contributed by atoms with van der Waals surface area (Å²) in [5.41, 5.74) is 5.46. The number of aromatic nitrogens is 4. The van der Waals surface area contributed by atoms with Crippen LogP contribution in [0.15, 0.2) is 15.4 Å². The lowest BCUT2D eigenvalue weighted by molar-refractivity contribution is -0.122. The standard InChI is InChI=1S/C16H24N6O5S/c1-28(2,3)7-6-25-10-21-13(23)9-26-15-14(21)19-11(8-18-15)22-16(24)27-12(20-22)4-5-17/h8H,4-7,9-10,17H2,1-3H3. The van der Waals surface area contributed by atoms with E-state index in [2.05, 4.69) is 33.8 Å². The van der Waals surface area contributed by atoms with Crippen LogP contribution in [0.2, 0.25) is 0 Å². The lowest BCUT2D eigenvalue weighted by Gasteiger charge is -2.28. The highest BCUT2D eigenvalue weighted by Gasteiger charge is 2.29. The van der Waals surface area contributed by atoms with Crippen molar-refractivity contribution in [2.75, 3.05) is 55.9 Å². The van der Waals surface area contributed by atoms with Gasteiger partial charge in [-0.25, -0.2) is 24.8 Å². The normalized spacial score (nSPS) is 14.7. The predicted molar refractivity (Wildman–Crippen MR) is 104 cm³/mol. The molecule has 0 saturated heterocycles. The molecular weight excluding hydrogens is 388 g/mol. The molecule has 0 aliphatic carbocycles. The lowest BCUT2D eigenvalue weighted by Crippen LogP contribution is -2.41. The van der Waals surface area contributed by atoms with Crippen LogP contribution in [0.25, 0.3) is 5.82 Å². The fourth-order valence-electron chi connectivity index (χ4n) is 2.35. The molecule has 1 amide bonds. The number of rotatable bonds is 8. The molecule has 11 nitrogen and oxygen atoms in total. The molecule has 2 aromatic rings. The molecule has 3 heterocycles. The molecule has 0 radical (unpaired) electrons. The highest BCUT2D eigenvalue weighted by molar-refractivity contribution is 8.32. The molecule has 0 unspecified atom stereocenters. The molecule has 12 heteroatoms. The second kappa shape index (κ2) is 8.29. The maximum Gasteiger partial charge on any atom is 0.443 e. The van der Waals surface area contributed by atoms with Gasteiger partial charge < -0.3 is 19.6 Å². The summed E-state index contributed by atoms with van der Waals surface area (Å²) in [7, 11) is -0.698. The molecule has 0 spiro atoms. The largest absolute Gasteiger partial charge is 0.465 e. The monoisotopic (exact) mass is 412 g/mol. The Balaban J connectivity index is 1.82. The van der Waals surface area contributed by atoms with E-state index in [9.17, 15) is 9.59 Å². The van der Waals surface area contributed by atoms with Crippen molar-refractivity contribution in [3.8, 4) is 11.7 Å². The zero-order valence-corrected chi connectivity index (χ0v) is 16.9. The minimum atomic E-state index is -0.711. The number of carbonyl (C=O) groups excluding carboxylic acids is 1. The SMILES string of the molecule is CS(C)(C)CCOCN1C(=O)COc2ncc(-n3nc(CCN)oc3=O)nc21. The van der Waals surface area contributed by atoms with Crippen molar-refractivity contribution < 1.29 is 18.7 Å². The molecule has 0 saturated carbocycles. The van der Waals surface area contributed by atoms with E-state index in [4.69, 9.17) is 19.6 Å². The fourth-order valence-corrected chi connectivity index (χ4v) is 2.97. The number of hydrogen-bond donors (Lipinski definition) is 1. The Bertz CT molecular complexity index is 906. The van der Waals surface area contributed by atoms with Crippen molar-refractivity contribution in [2.24, 2.45) is 5.73 Å². The third-order valence-corrected chi connectivity index (χ3v) is 5.21. The third-order valence-electron chi connectivity index (χ3n) is 3.82. The Hall–Kier alpha value is -2.44. The number of anilines is 1. The number of nitrogens with zero attached hydrogens (tertiary/aromatic N) is 5. The Labute approximate surface area is 163 Å². The van der Waals surface area contributed by atoms with Gasteiger partial charge in [-0.2, -0.15) is 0 Å². The minimum Gasteiger partial charge on any atom is -0.465 e. The van der Waals surface area contributed by atoms with Crippen LogP contribution in [0.1, 0.15) is 5.89 Å². The first-order valence-electron chi connectivity index (χ1n) is 8.62. The van der Waals surface area contributed by atoms with E-state index in [0.29, 0.717) is 19.6 Å². The topological polar surface area (TPSA) is 139 Å². The quantitative estimate of drug-likeness (QED) is 0.569. The molecule has 0 bridgehead atoms. The molecule has 1 aliphatic heterocycles. The number of ether oxygens (including phenoxy) is 2. The minimum absolute atomic E-state index is 0.0228. The summed E-state index contributed by atoms with van der Waals surface area (Å²) < 4.78 is 17.0. The van der Waals surface area contributed by atoms with Crippen LogP contribution >= 0.6 is 10.0 Å². The second-order valence-electron chi connectivity index (χ2n) is 7.01. The van der Waals surface area contributed by atoms with Gasteiger partial charge in [0.15, 0.2) is 12.4 Å². The first-order valence-corrected chi connectivity index (χ1v) is 11.6. The van der Waals surface area contributed by atoms with Gasteiger partial charge in [0.05, 0.1) is 12.8 Å². The smallest absolute Gasteiger partial charge is 0.443 e. The number of carbonyl (C=O) groups is 1. The summed E-state index contributed by atoms with van der Waals surface area (Å²) in [6.45, 7) is 0.686. The average Bonchev–Trinajstić information content (AvgIpc) is 2.99. The van der Waals surface area contributed by atoms with E-state index in [1.807, 2.05) is 0 Å². The van der Waals surface area contributed by atoms with Gasteiger partial charge in [-0.1, -0.05) is 0 Å². The molecule has 2 aromatic heterocycles. The second-order valence-corrected chi connectivity index (χ2v) is 11.6. The van der Waals surface area contributed by atoms with E-state index >= 15 is 0 Å². The van der Waals surface area contributed by atoms with Crippen molar-refractivity contribution >= 4 is 21.8 Å². The molecule has 1 aliphatic rings. The first-order chi connectivity index (χ1) is 13.3. The van der Waals surface area contributed by atoms with Gasteiger partial charge >= 0.3 is 5.76 Å². The van der Waals surface area contributed by atoms with Crippen LogP contribution < -0.4 is 21.1 Å². The third kappa shape index (κ3) is 4.69. The van der Waals surface area contributed by atoms with Crippen LogP contribution in [0, 0.1) is 0 Å². The van der Waals surface area contributed by atoms with Gasteiger partial charge in [0.2, 0.25) is 11.7 Å². The van der Waals surface area contributed by atoms with E-state index in [0.717, 1.165) is 10.4 Å². The molecule has 154 valence electrons. The molecule has 28 heavy (non-hydrogen) atoms. The van der Waals surface area contributed by atoms with Crippen molar-refractivity contribution in [2.45, 2.75) is 6.42 Å². The van der Waals surface area contributed by atoms with E-state index in [1.165, 1.54) is 11.1 Å². The van der Waals surface area contributed by atoms with Gasteiger partial charge in [-0.05, 0) is 18.8 Å². The lowest BCUT2D eigenvalue weighted by atomic mass is 10.4. The van der Waals surface area contributed by atoms with Gasteiger partial charge in [0.1, 0.15) is 6.73 Å². The number of amides is 1. The van der Waals surface area contributed by atoms with Gasteiger partial charge in [-0.3, -0.25) is 9.69 Å². The van der Waals surface area contributed by atoms with Gasteiger partial charge in [0.25, 0.3) is 11.8 Å².